The van der Waals surface area contributed by atoms with Crippen LogP contribution in [0.4, 0.5) is 0 Å². The van der Waals surface area contributed by atoms with Crippen molar-refractivity contribution in [1.82, 2.24) is 25.5 Å². The van der Waals surface area contributed by atoms with Gasteiger partial charge in [0.2, 0.25) is 0 Å². The van der Waals surface area contributed by atoms with Crippen molar-refractivity contribution in [3.63, 3.8) is 0 Å². The minimum absolute atomic E-state index is 0.152. The molecule has 0 spiro atoms. The van der Waals surface area contributed by atoms with Gasteiger partial charge in [-0.3, -0.25) is 0 Å². The molecule has 0 saturated heterocycles. The molecular formula is C11H23N5O. The van der Waals surface area contributed by atoms with Crippen LogP contribution in [0.25, 0.3) is 0 Å². The molecule has 0 radical (unpaired) electrons. The molecule has 98 valence electrons. The lowest BCUT2D eigenvalue weighted by Gasteiger charge is -2.28. The summed E-state index contributed by atoms with van der Waals surface area (Å²) in [6.07, 6.45) is 0.886. The van der Waals surface area contributed by atoms with Gasteiger partial charge in [0.15, 0.2) is 5.82 Å². The summed E-state index contributed by atoms with van der Waals surface area (Å²) in [5.41, 5.74) is 0. The van der Waals surface area contributed by atoms with Gasteiger partial charge in [0.1, 0.15) is 0 Å². The van der Waals surface area contributed by atoms with Gasteiger partial charge in [0, 0.05) is 19.6 Å². The number of hydrogen-bond donors (Lipinski definition) is 1. The van der Waals surface area contributed by atoms with E-state index < -0.39 is 0 Å². The van der Waals surface area contributed by atoms with E-state index in [0.717, 1.165) is 18.8 Å². The Morgan fingerprint density at radius 1 is 1.41 bits per heavy atom. The second kappa shape index (κ2) is 6.66. The Hall–Kier alpha value is -1.01. The van der Waals surface area contributed by atoms with Crippen LogP contribution in [0.15, 0.2) is 0 Å². The van der Waals surface area contributed by atoms with E-state index in [2.05, 4.69) is 41.5 Å². The zero-order valence-electron chi connectivity index (χ0n) is 11.3. The predicted octanol–water partition coefficient (Wildman–Crippen LogP) is 0.402. The molecule has 6 nitrogen and oxygen atoms in total. The number of nitrogens with one attached hydrogen (secondary N) is 1. The van der Waals surface area contributed by atoms with E-state index in [0.29, 0.717) is 5.92 Å². The van der Waals surface area contributed by atoms with Gasteiger partial charge in [-0.1, -0.05) is 20.8 Å². The van der Waals surface area contributed by atoms with Crippen molar-refractivity contribution in [2.24, 2.45) is 13.0 Å². The Morgan fingerprint density at radius 3 is 2.53 bits per heavy atom. The Balaban J connectivity index is 2.70. The number of ether oxygens (including phenoxy) is 1. The number of rotatable bonds is 7. The molecule has 0 aliphatic heterocycles. The average Bonchev–Trinajstić information content (AvgIpc) is 2.64. The van der Waals surface area contributed by atoms with Crippen molar-refractivity contribution >= 4 is 0 Å². The van der Waals surface area contributed by atoms with Crippen LogP contribution >= 0.6 is 0 Å². The van der Waals surface area contributed by atoms with Gasteiger partial charge >= 0.3 is 0 Å². The molecule has 2 unspecified atom stereocenters. The Morgan fingerprint density at radius 2 is 2.12 bits per heavy atom. The number of tetrazole rings is 1. The molecule has 17 heavy (non-hydrogen) atoms. The monoisotopic (exact) mass is 241 g/mol. The smallest absolute Gasteiger partial charge is 0.176 e. The van der Waals surface area contributed by atoms with Crippen LogP contribution in [-0.4, -0.2) is 46.0 Å². The molecule has 2 atom stereocenters. The van der Waals surface area contributed by atoms with E-state index in [1.807, 2.05) is 0 Å². The fraction of sp³-hybridized carbons (Fsp3) is 0.909. The van der Waals surface area contributed by atoms with Gasteiger partial charge in [-0.2, -0.15) is 4.80 Å². The average molecular weight is 241 g/mol. The summed E-state index contributed by atoms with van der Waals surface area (Å²) in [6, 6.07) is 0.217. The molecule has 0 aliphatic rings. The molecule has 0 amide bonds. The normalized spacial score (nSPS) is 15.2. The third-order valence-corrected chi connectivity index (χ3v) is 2.74. The zero-order chi connectivity index (χ0) is 12.8. The molecule has 1 aromatic heterocycles. The quantitative estimate of drug-likeness (QED) is 0.748. The van der Waals surface area contributed by atoms with Gasteiger partial charge in [0.25, 0.3) is 0 Å². The van der Waals surface area contributed by atoms with Crippen LogP contribution in [0.1, 0.15) is 26.6 Å². The molecule has 0 aliphatic carbocycles. The number of hydrogen-bond acceptors (Lipinski definition) is 5. The fourth-order valence-electron chi connectivity index (χ4n) is 2.07. The number of methoxy groups -OCH3 is 1. The van der Waals surface area contributed by atoms with Crippen molar-refractivity contribution < 1.29 is 4.74 Å². The maximum absolute atomic E-state index is 5.56. The summed E-state index contributed by atoms with van der Waals surface area (Å²) < 4.78 is 5.56. The van der Waals surface area contributed by atoms with Crippen LogP contribution in [-0.2, 0) is 18.2 Å². The largest absolute Gasteiger partial charge is 0.380 e. The van der Waals surface area contributed by atoms with Gasteiger partial charge in [-0.25, -0.2) is 0 Å². The summed E-state index contributed by atoms with van der Waals surface area (Å²) >= 11 is 0. The summed E-state index contributed by atoms with van der Waals surface area (Å²) in [5, 5.41) is 15.5. The molecule has 0 saturated carbocycles. The maximum Gasteiger partial charge on any atom is 0.176 e. The highest BCUT2D eigenvalue weighted by atomic mass is 16.5. The highest BCUT2D eigenvalue weighted by molar-refractivity contribution is 4.89. The lowest BCUT2D eigenvalue weighted by atomic mass is 9.96. The predicted molar refractivity (Wildman–Crippen MR) is 65.6 cm³/mol. The Labute approximate surface area is 103 Å². The minimum atomic E-state index is 0.152. The van der Waals surface area contributed by atoms with Crippen LogP contribution < -0.4 is 5.32 Å². The third-order valence-electron chi connectivity index (χ3n) is 2.74. The molecule has 0 fully saturated rings. The molecule has 1 rings (SSSR count). The third kappa shape index (κ3) is 4.05. The standard InChI is InChI=1S/C11H23N5O/c1-6-12-9(11(17-5)8(2)3)7-10-13-15-16(4)14-10/h8-9,11-12H,6-7H2,1-5H3. The van der Waals surface area contributed by atoms with E-state index >= 15 is 0 Å². The van der Waals surface area contributed by atoms with Crippen molar-refractivity contribution in [2.75, 3.05) is 13.7 Å². The first-order chi connectivity index (χ1) is 8.08. The molecular weight excluding hydrogens is 218 g/mol. The summed E-state index contributed by atoms with van der Waals surface area (Å²) in [4.78, 5) is 1.48. The summed E-state index contributed by atoms with van der Waals surface area (Å²) in [6.45, 7) is 7.30. The Kier molecular flexibility index (Phi) is 5.50. The van der Waals surface area contributed by atoms with E-state index in [9.17, 15) is 0 Å². The van der Waals surface area contributed by atoms with Gasteiger partial charge in [-0.05, 0) is 17.7 Å². The van der Waals surface area contributed by atoms with E-state index in [-0.39, 0.29) is 12.1 Å². The Bertz CT molecular complexity index is 325. The van der Waals surface area contributed by atoms with Crippen molar-refractivity contribution in [3.8, 4) is 0 Å². The number of nitrogens with zero attached hydrogens (tertiary/aromatic N) is 4. The van der Waals surface area contributed by atoms with E-state index in [1.54, 1.807) is 14.2 Å². The SMILES string of the molecule is CCNC(Cc1nnn(C)n1)C(OC)C(C)C. The number of likely N-dealkylation sites (N-methyl/N-ethyl adjacent to an activating group) is 1. The van der Waals surface area contributed by atoms with Crippen LogP contribution in [0.2, 0.25) is 0 Å². The second-order valence-corrected chi connectivity index (χ2v) is 4.51. The first-order valence-electron chi connectivity index (χ1n) is 6.07. The molecule has 0 aromatic carbocycles. The van der Waals surface area contributed by atoms with E-state index in [1.165, 1.54) is 4.80 Å². The fourth-order valence-corrected chi connectivity index (χ4v) is 2.07. The van der Waals surface area contributed by atoms with Gasteiger partial charge in [-0.15, -0.1) is 10.2 Å². The van der Waals surface area contributed by atoms with E-state index in [4.69, 9.17) is 4.74 Å². The number of aryl methyl sites for hydroxylation is 1. The van der Waals surface area contributed by atoms with Crippen molar-refractivity contribution in [1.29, 1.82) is 0 Å². The number of aromatic nitrogens is 4. The molecule has 0 bridgehead atoms. The highest BCUT2D eigenvalue weighted by Crippen LogP contribution is 2.13. The zero-order valence-corrected chi connectivity index (χ0v) is 11.3. The lowest BCUT2D eigenvalue weighted by Crippen LogP contribution is -2.45. The van der Waals surface area contributed by atoms with Crippen molar-refractivity contribution in [3.05, 3.63) is 5.82 Å². The lowest BCUT2D eigenvalue weighted by molar-refractivity contribution is 0.0331. The molecule has 6 heteroatoms. The highest BCUT2D eigenvalue weighted by Gasteiger charge is 2.25. The topological polar surface area (TPSA) is 64.9 Å². The molecule has 1 aromatic rings. The molecule has 1 heterocycles. The first kappa shape index (κ1) is 14.1. The van der Waals surface area contributed by atoms with Crippen LogP contribution in [0.5, 0.6) is 0 Å². The second-order valence-electron chi connectivity index (χ2n) is 4.51. The molecule has 1 N–H and O–H groups in total. The van der Waals surface area contributed by atoms with Crippen molar-refractivity contribution in [2.45, 2.75) is 39.3 Å². The summed E-state index contributed by atoms with van der Waals surface area (Å²) in [5.74, 6) is 1.20. The van der Waals surface area contributed by atoms with Gasteiger partial charge in [0.05, 0.1) is 13.2 Å². The van der Waals surface area contributed by atoms with Crippen LogP contribution in [0, 0.1) is 5.92 Å². The maximum atomic E-state index is 5.56. The van der Waals surface area contributed by atoms with Gasteiger partial charge < -0.3 is 10.1 Å². The summed E-state index contributed by atoms with van der Waals surface area (Å²) in [7, 11) is 3.52. The van der Waals surface area contributed by atoms with Crippen LogP contribution in [0.3, 0.4) is 0 Å². The minimum Gasteiger partial charge on any atom is -0.380 e. The first-order valence-corrected chi connectivity index (χ1v) is 6.07.